The highest BCUT2D eigenvalue weighted by Gasteiger charge is 2.37. The second kappa shape index (κ2) is 5.35. The molecule has 19 heavy (non-hydrogen) atoms. The summed E-state index contributed by atoms with van der Waals surface area (Å²) in [5.41, 5.74) is 9.45. The molecule has 98 valence electrons. The molecule has 3 heteroatoms. The Labute approximate surface area is 122 Å². The normalized spacial score (nSPS) is 21.3. The maximum atomic E-state index is 6.00. The fraction of sp³-hybridized carbons (Fsp3) is 0.250. The lowest BCUT2D eigenvalue weighted by Crippen LogP contribution is -2.18. The van der Waals surface area contributed by atoms with Gasteiger partial charge in [-0.05, 0) is 29.7 Å². The second-order valence-corrected chi connectivity index (χ2v) is 6.00. The summed E-state index contributed by atoms with van der Waals surface area (Å²) in [5, 5.41) is 3.59. The van der Waals surface area contributed by atoms with Crippen LogP contribution in [0.4, 0.5) is 5.69 Å². The highest BCUT2D eigenvalue weighted by atomic mass is 79.9. The molecule has 1 aliphatic carbocycles. The molecular formula is C16H17BrN2. The Bertz CT molecular complexity index is 568. The van der Waals surface area contributed by atoms with Crippen LogP contribution in [0.15, 0.2) is 53.0 Å². The second-order valence-electron chi connectivity index (χ2n) is 5.08. The van der Waals surface area contributed by atoms with Crippen LogP contribution in [0.25, 0.3) is 0 Å². The van der Waals surface area contributed by atoms with Crippen molar-refractivity contribution in [2.75, 3.05) is 5.73 Å². The number of hydrogen-bond acceptors (Lipinski definition) is 2. The van der Waals surface area contributed by atoms with Crippen LogP contribution >= 0.6 is 15.9 Å². The van der Waals surface area contributed by atoms with Gasteiger partial charge in [0.2, 0.25) is 0 Å². The van der Waals surface area contributed by atoms with Crippen molar-refractivity contribution in [1.29, 1.82) is 0 Å². The Morgan fingerprint density at radius 3 is 2.68 bits per heavy atom. The molecule has 3 rings (SSSR count). The van der Waals surface area contributed by atoms with Crippen molar-refractivity contribution >= 4 is 21.6 Å². The molecule has 0 radical (unpaired) electrons. The first-order valence-electron chi connectivity index (χ1n) is 6.56. The zero-order chi connectivity index (χ0) is 13.2. The van der Waals surface area contributed by atoms with Gasteiger partial charge >= 0.3 is 0 Å². The van der Waals surface area contributed by atoms with Gasteiger partial charge in [-0.1, -0.05) is 52.3 Å². The van der Waals surface area contributed by atoms with Crippen LogP contribution in [0.5, 0.6) is 0 Å². The number of nitrogens with two attached hydrogens (primary N) is 1. The van der Waals surface area contributed by atoms with Crippen LogP contribution in [0.3, 0.4) is 0 Å². The van der Waals surface area contributed by atoms with Crippen LogP contribution in [0, 0.1) is 0 Å². The van der Waals surface area contributed by atoms with Gasteiger partial charge in [0.15, 0.2) is 0 Å². The average molecular weight is 317 g/mol. The third-order valence-electron chi connectivity index (χ3n) is 3.68. The van der Waals surface area contributed by atoms with Gasteiger partial charge in [-0.15, -0.1) is 0 Å². The number of benzene rings is 2. The molecule has 0 aromatic heterocycles. The molecule has 0 saturated heterocycles. The molecular weight excluding hydrogens is 300 g/mol. The smallest absolute Gasteiger partial charge is 0.0370 e. The van der Waals surface area contributed by atoms with E-state index in [0.717, 1.165) is 16.7 Å². The van der Waals surface area contributed by atoms with Gasteiger partial charge in [0.05, 0.1) is 0 Å². The van der Waals surface area contributed by atoms with Gasteiger partial charge in [0, 0.05) is 28.7 Å². The first-order chi connectivity index (χ1) is 9.24. The Morgan fingerprint density at radius 2 is 1.95 bits per heavy atom. The molecule has 1 saturated carbocycles. The van der Waals surface area contributed by atoms with E-state index in [2.05, 4.69) is 57.6 Å². The molecule has 3 N–H and O–H groups in total. The molecule has 0 aliphatic heterocycles. The van der Waals surface area contributed by atoms with E-state index in [1.807, 2.05) is 12.1 Å². The largest absolute Gasteiger partial charge is 0.398 e. The predicted molar refractivity (Wildman–Crippen MR) is 83.0 cm³/mol. The minimum absolute atomic E-state index is 0.588. The van der Waals surface area contributed by atoms with E-state index in [-0.39, 0.29) is 0 Å². The number of hydrogen-bond donors (Lipinski definition) is 2. The van der Waals surface area contributed by atoms with Crippen molar-refractivity contribution in [1.82, 2.24) is 5.32 Å². The molecule has 1 fully saturated rings. The lowest BCUT2D eigenvalue weighted by Gasteiger charge is -2.08. The molecule has 0 spiro atoms. The van der Waals surface area contributed by atoms with Crippen molar-refractivity contribution in [3.8, 4) is 0 Å². The Kier molecular flexibility index (Phi) is 3.58. The molecule has 2 atom stereocenters. The fourth-order valence-electron chi connectivity index (χ4n) is 2.46. The van der Waals surface area contributed by atoms with Gasteiger partial charge in [-0.25, -0.2) is 0 Å². The predicted octanol–water partition coefficient (Wildman–Crippen LogP) is 3.68. The minimum atomic E-state index is 0.588. The van der Waals surface area contributed by atoms with E-state index in [9.17, 15) is 0 Å². The van der Waals surface area contributed by atoms with Crippen molar-refractivity contribution in [3.63, 3.8) is 0 Å². The molecule has 0 heterocycles. The summed E-state index contributed by atoms with van der Waals surface area (Å²) in [7, 11) is 0. The van der Waals surface area contributed by atoms with E-state index in [1.165, 1.54) is 17.5 Å². The van der Waals surface area contributed by atoms with E-state index < -0.39 is 0 Å². The quantitative estimate of drug-likeness (QED) is 0.844. The van der Waals surface area contributed by atoms with Gasteiger partial charge in [-0.2, -0.15) is 0 Å². The van der Waals surface area contributed by atoms with Gasteiger partial charge in [-0.3, -0.25) is 0 Å². The van der Waals surface area contributed by atoms with Gasteiger partial charge in [0.1, 0.15) is 0 Å². The maximum absolute atomic E-state index is 6.00. The monoisotopic (exact) mass is 316 g/mol. The van der Waals surface area contributed by atoms with Crippen molar-refractivity contribution in [3.05, 3.63) is 64.1 Å². The number of rotatable bonds is 4. The zero-order valence-electron chi connectivity index (χ0n) is 10.6. The first-order valence-corrected chi connectivity index (χ1v) is 7.35. The van der Waals surface area contributed by atoms with E-state index in [0.29, 0.717) is 12.0 Å². The fourth-order valence-corrected chi connectivity index (χ4v) is 2.84. The summed E-state index contributed by atoms with van der Waals surface area (Å²) in [5.74, 6) is 0.665. The van der Waals surface area contributed by atoms with Crippen molar-refractivity contribution in [2.45, 2.75) is 24.9 Å². The number of nitrogen functional groups attached to an aromatic ring is 1. The van der Waals surface area contributed by atoms with Crippen molar-refractivity contribution in [2.24, 2.45) is 0 Å². The summed E-state index contributed by atoms with van der Waals surface area (Å²) in [6.07, 6.45) is 1.22. The Morgan fingerprint density at radius 1 is 1.16 bits per heavy atom. The molecule has 2 aromatic carbocycles. The van der Waals surface area contributed by atoms with Gasteiger partial charge < -0.3 is 11.1 Å². The Balaban J connectivity index is 1.57. The molecule has 2 unspecified atom stereocenters. The lowest BCUT2D eigenvalue weighted by molar-refractivity contribution is 0.674. The number of halogens is 1. The summed E-state index contributed by atoms with van der Waals surface area (Å²) in [6, 6.07) is 17.4. The minimum Gasteiger partial charge on any atom is -0.398 e. The maximum Gasteiger partial charge on any atom is 0.0370 e. The molecule has 0 bridgehead atoms. The third kappa shape index (κ3) is 2.99. The number of nitrogens with one attached hydrogen (secondary N) is 1. The SMILES string of the molecule is Nc1cc(Br)ccc1CNC1CC1c1ccccc1. The molecule has 0 amide bonds. The van der Waals surface area contributed by atoms with Gasteiger partial charge in [0.25, 0.3) is 0 Å². The average Bonchev–Trinajstić information content (AvgIpc) is 3.18. The standard InChI is InChI=1S/C16H17BrN2/c17-13-7-6-12(15(18)8-13)10-19-16-9-14(16)11-4-2-1-3-5-11/h1-8,14,16,19H,9-10,18H2. The summed E-state index contributed by atoms with van der Waals surface area (Å²) < 4.78 is 1.03. The Hall–Kier alpha value is -1.32. The zero-order valence-corrected chi connectivity index (χ0v) is 12.2. The van der Waals surface area contributed by atoms with Crippen molar-refractivity contribution < 1.29 is 0 Å². The summed E-state index contributed by atoms with van der Waals surface area (Å²) >= 11 is 3.43. The van der Waals surface area contributed by atoms with Crippen LogP contribution in [0.1, 0.15) is 23.5 Å². The van der Waals surface area contributed by atoms with E-state index in [4.69, 9.17) is 5.73 Å². The topological polar surface area (TPSA) is 38.0 Å². The molecule has 2 nitrogen and oxygen atoms in total. The molecule has 1 aliphatic rings. The van der Waals surface area contributed by atoms with Crippen LogP contribution < -0.4 is 11.1 Å². The summed E-state index contributed by atoms with van der Waals surface area (Å²) in [6.45, 7) is 0.840. The highest BCUT2D eigenvalue weighted by molar-refractivity contribution is 9.10. The molecule has 2 aromatic rings. The summed E-state index contributed by atoms with van der Waals surface area (Å²) in [4.78, 5) is 0. The van der Waals surface area contributed by atoms with Crippen LogP contribution in [-0.4, -0.2) is 6.04 Å². The highest BCUT2D eigenvalue weighted by Crippen LogP contribution is 2.40. The number of anilines is 1. The van der Waals surface area contributed by atoms with E-state index >= 15 is 0 Å². The first kappa shape index (κ1) is 12.7. The third-order valence-corrected chi connectivity index (χ3v) is 4.17. The van der Waals surface area contributed by atoms with E-state index in [1.54, 1.807) is 0 Å². The van der Waals surface area contributed by atoms with Crippen LogP contribution in [0.2, 0.25) is 0 Å². The van der Waals surface area contributed by atoms with Crippen LogP contribution in [-0.2, 0) is 6.54 Å². The lowest BCUT2D eigenvalue weighted by atomic mass is 10.1.